The Morgan fingerprint density at radius 1 is 1.12 bits per heavy atom. The van der Waals surface area contributed by atoms with Gasteiger partial charge in [0.2, 0.25) is 5.91 Å². The highest BCUT2D eigenvalue weighted by atomic mass is 35.5. The van der Waals surface area contributed by atoms with E-state index in [9.17, 15) is 4.79 Å². The lowest BCUT2D eigenvalue weighted by molar-refractivity contribution is -0.124. The second-order valence-corrected chi connectivity index (χ2v) is 8.59. The van der Waals surface area contributed by atoms with Crippen molar-refractivity contribution in [3.05, 3.63) is 33.8 Å². The summed E-state index contributed by atoms with van der Waals surface area (Å²) < 4.78 is 0. The molecule has 4 rings (SSSR count). The zero-order chi connectivity index (χ0) is 16.8. The lowest BCUT2D eigenvalue weighted by Crippen LogP contribution is -2.54. The number of fused-ring (bicyclic) bond motifs is 2. The van der Waals surface area contributed by atoms with Crippen molar-refractivity contribution in [1.29, 1.82) is 0 Å². The van der Waals surface area contributed by atoms with Crippen LogP contribution in [-0.4, -0.2) is 18.0 Å². The van der Waals surface area contributed by atoms with Crippen LogP contribution in [0.1, 0.15) is 50.0 Å². The molecule has 3 aliphatic rings. The van der Waals surface area contributed by atoms with Crippen molar-refractivity contribution in [1.82, 2.24) is 5.32 Å². The zero-order valence-electron chi connectivity index (χ0n) is 13.7. The van der Waals surface area contributed by atoms with Gasteiger partial charge < -0.3 is 11.1 Å². The Morgan fingerprint density at radius 3 is 2.54 bits per heavy atom. The lowest BCUT2D eigenvalue weighted by atomic mass is 9.67. The Labute approximate surface area is 153 Å². The highest BCUT2D eigenvalue weighted by Crippen LogP contribution is 2.51. The minimum absolute atomic E-state index is 0.0392. The average molecular weight is 367 g/mol. The van der Waals surface area contributed by atoms with Gasteiger partial charge in [-0.05, 0) is 61.5 Å². The van der Waals surface area contributed by atoms with Crippen LogP contribution in [0.15, 0.2) is 18.2 Å². The molecule has 24 heavy (non-hydrogen) atoms. The first-order valence-corrected chi connectivity index (χ1v) is 9.80. The number of halogens is 2. The van der Waals surface area contributed by atoms with Crippen molar-refractivity contribution >= 4 is 29.1 Å². The molecule has 1 aromatic carbocycles. The topological polar surface area (TPSA) is 55.1 Å². The standard InChI is InChI=1S/C19H24Cl2N2O/c20-16-6-2-5-13(17(16)21)14-9-15(14)19(24)23-18-10-3-1-4-11(18)8-12(22)7-10/h2,5-6,10-12,14-15,18H,1,3-4,7-9,22H2,(H,23,24). The van der Waals surface area contributed by atoms with Crippen molar-refractivity contribution in [2.75, 3.05) is 0 Å². The van der Waals surface area contributed by atoms with Gasteiger partial charge in [0.15, 0.2) is 0 Å². The summed E-state index contributed by atoms with van der Waals surface area (Å²) in [6, 6.07) is 6.32. The van der Waals surface area contributed by atoms with E-state index in [0.29, 0.717) is 34.0 Å². The molecule has 3 aliphatic carbocycles. The third-order valence-corrected chi connectivity index (χ3v) is 7.03. The molecule has 3 nitrogen and oxygen atoms in total. The molecule has 3 N–H and O–H groups in total. The SMILES string of the molecule is NC1CC2CCCC(C1)C2NC(=O)C1CC1c1cccc(Cl)c1Cl. The Hall–Kier alpha value is -0.770. The van der Waals surface area contributed by atoms with Gasteiger partial charge in [-0.1, -0.05) is 41.8 Å². The van der Waals surface area contributed by atoms with Gasteiger partial charge in [-0.15, -0.1) is 0 Å². The Balaban J connectivity index is 1.42. The molecular formula is C19H24Cl2N2O. The van der Waals surface area contributed by atoms with Crippen LogP contribution in [0.4, 0.5) is 0 Å². The third-order valence-electron chi connectivity index (χ3n) is 6.19. The smallest absolute Gasteiger partial charge is 0.223 e. The van der Waals surface area contributed by atoms with Crippen LogP contribution in [0.2, 0.25) is 10.0 Å². The van der Waals surface area contributed by atoms with Crippen molar-refractivity contribution in [2.24, 2.45) is 23.5 Å². The van der Waals surface area contributed by atoms with Gasteiger partial charge >= 0.3 is 0 Å². The number of carbonyl (C=O) groups excluding carboxylic acids is 1. The first-order chi connectivity index (χ1) is 11.5. The molecule has 0 spiro atoms. The number of benzene rings is 1. The van der Waals surface area contributed by atoms with Crippen LogP contribution in [0.5, 0.6) is 0 Å². The molecule has 0 radical (unpaired) electrons. The number of nitrogens with two attached hydrogens (primary N) is 1. The first kappa shape index (κ1) is 16.7. The molecule has 5 heteroatoms. The average Bonchev–Trinajstić information content (AvgIpc) is 3.31. The monoisotopic (exact) mass is 366 g/mol. The van der Waals surface area contributed by atoms with Crippen LogP contribution in [-0.2, 0) is 4.79 Å². The van der Waals surface area contributed by atoms with Crippen LogP contribution >= 0.6 is 23.2 Å². The van der Waals surface area contributed by atoms with Gasteiger partial charge in [0.25, 0.3) is 0 Å². The highest BCUT2D eigenvalue weighted by Gasteiger charge is 2.47. The van der Waals surface area contributed by atoms with E-state index in [-0.39, 0.29) is 17.7 Å². The minimum atomic E-state index is 0.0392. The molecule has 2 bridgehead atoms. The number of rotatable bonds is 3. The normalized spacial score (nSPS) is 37.8. The van der Waals surface area contributed by atoms with Gasteiger partial charge in [0, 0.05) is 18.0 Å². The van der Waals surface area contributed by atoms with Crippen molar-refractivity contribution in [2.45, 2.75) is 56.5 Å². The quantitative estimate of drug-likeness (QED) is 0.845. The molecule has 0 heterocycles. The first-order valence-electron chi connectivity index (χ1n) is 9.04. The zero-order valence-corrected chi connectivity index (χ0v) is 15.2. The Bertz CT molecular complexity index is 636. The van der Waals surface area contributed by atoms with Gasteiger partial charge in [-0.2, -0.15) is 0 Å². The summed E-state index contributed by atoms with van der Waals surface area (Å²) in [5.41, 5.74) is 7.19. The summed E-state index contributed by atoms with van der Waals surface area (Å²) in [4.78, 5) is 12.7. The van der Waals surface area contributed by atoms with Gasteiger partial charge in [-0.25, -0.2) is 0 Å². The highest BCUT2D eigenvalue weighted by molar-refractivity contribution is 6.42. The van der Waals surface area contributed by atoms with Crippen molar-refractivity contribution in [3.8, 4) is 0 Å². The van der Waals surface area contributed by atoms with Crippen molar-refractivity contribution < 1.29 is 4.79 Å². The van der Waals surface area contributed by atoms with E-state index in [2.05, 4.69) is 5.32 Å². The molecule has 1 amide bonds. The van der Waals surface area contributed by atoms with E-state index in [1.807, 2.05) is 12.1 Å². The van der Waals surface area contributed by atoms with Gasteiger partial charge in [0.05, 0.1) is 10.0 Å². The maximum atomic E-state index is 12.7. The fourth-order valence-electron chi connectivity index (χ4n) is 4.93. The molecule has 0 aliphatic heterocycles. The third kappa shape index (κ3) is 3.07. The lowest BCUT2D eigenvalue weighted by Gasteiger charge is -2.45. The second kappa shape index (κ2) is 6.51. The maximum Gasteiger partial charge on any atom is 0.223 e. The van der Waals surface area contributed by atoms with Crippen LogP contribution in [0.25, 0.3) is 0 Å². The summed E-state index contributed by atoms with van der Waals surface area (Å²) in [5, 5.41) is 4.53. The number of amides is 1. The minimum Gasteiger partial charge on any atom is -0.353 e. The molecule has 3 fully saturated rings. The number of hydrogen-bond donors (Lipinski definition) is 2. The van der Waals surface area contributed by atoms with E-state index < -0.39 is 0 Å². The number of nitrogens with one attached hydrogen (secondary N) is 1. The predicted molar refractivity (Wildman–Crippen MR) is 97.3 cm³/mol. The molecule has 130 valence electrons. The molecular weight excluding hydrogens is 343 g/mol. The fraction of sp³-hybridized carbons (Fsp3) is 0.632. The van der Waals surface area contributed by atoms with E-state index in [4.69, 9.17) is 28.9 Å². The Morgan fingerprint density at radius 2 is 1.83 bits per heavy atom. The molecule has 0 saturated heterocycles. The number of hydrogen-bond acceptors (Lipinski definition) is 2. The fourth-order valence-corrected chi connectivity index (χ4v) is 5.38. The van der Waals surface area contributed by atoms with Crippen LogP contribution in [0, 0.1) is 17.8 Å². The van der Waals surface area contributed by atoms with Gasteiger partial charge in [0.1, 0.15) is 0 Å². The summed E-state index contributed by atoms with van der Waals surface area (Å²) in [7, 11) is 0. The Kier molecular flexibility index (Phi) is 4.53. The predicted octanol–water partition coefficient (Wildman–Crippen LogP) is 4.12. The molecule has 1 aromatic rings. The second-order valence-electron chi connectivity index (χ2n) is 7.81. The number of carbonyl (C=O) groups is 1. The molecule has 3 saturated carbocycles. The summed E-state index contributed by atoms with van der Waals surface area (Å²) in [6.45, 7) is 0. The van der Waals surface area contributed by atoms with E-state index in [1.54, 1.807) is 6.07 Å². The largest absolute Gasteiger partial charge is 0.353 e. The maximum absolute atomic E-state index is 12.7. The summed E-state index contributed by atoms with van der Waals surface area (Å²) in [5.74, 6) is 1.56. The summed E-state index contributed by atoms with van der Waals surface area (Å²) >= 11 is 12.4. The van der Waals surface area contributed by atoms with Crippen molar-refractivity contribution in [3.63, 3.8) is 0 Å². The van der Waals surface area contributed by atoms with Crippen LogP contribution < -0.4 is 11.1 Å². The van der Waals surface area contributed by atoms with E-state index in [0.717, 1.165) is 24.8 Å². The van der Waals surface area contributed by atoms with Gasteiger partial charge in [-0.3, -0.25) is 4.79 Å². The van der Waals surface area contributed by atoms with E-state index >= 15 is 0 Å². The van der Waals surface area contributed by atoms with E-state index in [1.165, 1.54) is 19.3 Å². The molecule has 4 unspecified atom stereocenters. The molecule has 4 atom stereocenters. The molecule has 0 aromatic heterocycles. The van der Waals surface area contributed by atoms with Crippen LogP contribution in [0.3, 0.4) is 0 Å². The summed E-state index contributed by atoms with van der Waals surface area (Å²) in [6.07, 6.45) is 6.64.